The zero-order chi connectivity index (χ0) is 15.5. The molecule has 3 atom stereocenters. The Bertz CT molecular complexity index is 384. The maximum absolute atomic E-state index is 2.76. The van der Waals surface area contributed by atoms with Crippen molar-refractivity contribution in [1.82, 2.24) is 14.7 Å². The van der Waals surface area contributed by atoms with E-state index in [1.807, 2.05) is 0 Å². The molecule has 0 aromatic carbocycles. The summed E-state index contributed by atoms with van der Waals surface area (Å²) in [6.45, 7) is 17.4. The fourth-order valence-electron chi connectivity index (χ4n) is 4.70. The molecule has 0 aromatic rings. The lowest BCUT2D eigenvalue weighted by molar-refractivity contribution is 0.0994. The molecule has 0 N–H and O–H groups in total. The largest absolute Gasteiger partial charge is 0.301 e. The third kappa shape index (κ3) is 3.74. The van der Waals surface area contributed by atoms with Gasteiger partial charge >= 0.3 is 0 Å². The lowest BCUT2D eigenvalue weighted by Gasteiger charge is -2.38. The van der Waals surface area contributed by atoms with E-state index in [4.69, 9.17) is 0 Å². The Balaban J connectivity index is 1.48. The summed E-state index contributed by atoms with van der Waals surface area (Å²) in [5.74, 6) is 1.68. The Labute approximate surface area is 137 Å². The van der Waals surface area contributed by atoms with E-state index in [-0.39, 0.29) is 0 Å². The highest BCUT2D eigenvalue weighted by molar-refractivity contribution is 5.09. The van der Waals surface area contributed by atoms with Crippen LogP contribution in [0.4, 0.5) is 0 Å². The second-order valence-electron chi connectivity index (χ2n) is 7.78. The van der Waals surface area contributed by atoms with Gasteiger partial charge in [0.15, 0.2) is 0 Å². The highest BCUT2D eigenvalue weighted by Gasteiger charge is 2.32. The van der Waals surface area contributed by atoms with Gasteiger partial charge in [-0.2, -0.15) is 0 Å². The SMILES string of the molecule is CCN1CCN([C@@H]2CCN(C[C@H]3C(C)=CCC[C@H]3C)C2)CC1. The van der Waals surface area contributed by atoms with Crippen LogP contribution in [-0.2, 0) is 0 Å². The van der Waals surface area contributed by atoms with Crippen LogP contribution in [0.1, 0.15) is 40.0 Å². The van der Waals surface area contributed by atoms with Gasteiger partial charge in [-0.25, -0.2) is 0 Å². The normalized spacial score (nSPS) is 35.8. The molecule has 3 rings (SSSR count). The van der Waals surface area contributed by atoms with Gasteiger partial charge in [-0.05, 0) is 51.1 Å². The van der Waals surface area contributed by atoms with Crippen LogP contribution in [-0.4, -0.2) is 73.1 Å². The highest BCUT2D eigenvalue weighted by Crippen LogP contribution is 2.32. The lowest BCUT2D eigenvalue weighted by atomic mass is 9.80. The van der Waals surface area contributed by atoms with E-state index >= 15 is 0 Å². The standard InChI is InChI=1S/C19H35N3/c1-4-20-10-12-22(13-11-20)18-8-9-21(14-18)15-19-16(2)6-5-7-17(19)3/h6,17-19H,4-5,7-15H2,1-3H3/t17-,18-,19+/m1/s1. The molecule has 0 radical (unpaired) electrons. The van der Waals surface area contributed by atoms with Gasteiger partial charge < -0.3 is 9.80 Å². The van der Waals surface area contributed by atoms with E-state index in [0.29, 0.717) is 0 Å². The van der Waals surface area contributed by atoms with Gasteiger partial charge in [-0.15, -0.1) is 0 Å². The first-order chi connectivity index (χ1) is 10.7. The summed E-state index contributed by atoms with van der Waals surface area (Å²) >= 11 is 0. The van der Waals surface area contributed by atoms with Crippen LogP contribution < -0.4 is 0 Å². The van der Waals surface area contributed by atoms with E-state index in [1.165, 1.54) is 71.6 Å². The lowest BCUT2D eigenvalue weighted by Crippen LogP contribution is -2.51. The van der Waals surface area contributed by atoms with Crippen LogP contribution in [0.5, 0.6) is 0 Å². The van der Waals surface area contributed by atoms with Gasteiger partial charge in [0, 0.05) is 45.3 Å². The molecule has 2 aliphatic heterocycles. The monoisotopic (exact) mass is 305 g/mol. The topological polar surface area (TPSA) is 9.72 Å². The molecule has 3 nitrogen and oxygen atoms in total. The average molecular weight is 306 g/mol. The summed E-state index contributed by atoms with van der Waals surface area (Å²) in [7, 11) is 0. The van der Waals surface area contributed by atoms with E-state index < -0.39 is 0 Å². The Hall–Kier alpha value is -0.380. The third-order valence-corrected chi connectivity index (χ3v) is 6.43. The first-order valence-corrected chi connectivity index (χ1v) is 9.52. The number of piperazine rings is 1. The molecule has 0 bridgehead atoms. The molecular formula is C19H35N3. The molecule has 1 aliphatic carbocycles. The summed E-state index contributed by atoms with van der Waals surface area (Å²) in [4.78, 5) is 8.10. The van der Waals surface area contributed by atoms with Gasteiger partial charge in [0.25, 0.3) is 0 Å². The summed E-state index contributed by atoms with van der Waals surface area (Å²) in [5.41, 5.74) is 1.65. The number of nitrogens with zero attached hydrogens (tertiary/aromatic N) is 3. The van der Waals surface area contributed by atoms with Crippen molar-refractivity contribution in [2.45, 2.75) is 46.1 Å². The maximum Gasteiger partial charge on any atom is 0.0236 e. The Morgan fingerprint density at radius 3 is 2.50 bits per heavy atom. The van der Waals surface area contributed by atoms with Crippen molar-refractivity contribution in [2.75, 3.05) is 52.4 Å². The second kappa shape index (κ2) is 7.46. The number of hydrogen-bond donors (Lipinski definition) is 0. The number of hydrogen-bond acceptors (Lipinski definition) is 3. The van der Waals surface area contributed by atoms with Crippen LogP contribution in [0.15, 0.2) is 11.6 Å². The Kier molecular flexibility index (Phi) is 5.59. The Morgan fingerprint density at radius 1 is 1.05 bits per heavy atom. The van der Waals surface area contributed by atoms with E-state index in [9.17, 15) is 0 Å². The van der Waals surface area contributed by atoms with Crippen LogP contribution in [0.2, 0.25) is 0 Å². The zero-order valence-corrected chi connectivity index (χ0v) is 14.9. The van der Waals surface area contributed by atoms with Gasteiger partial charge in [0.05, 0.1) is 0 Å². The minimum atomic E-state index is 0.810. The first kappa shape index (κ1) is 16.5. The van der Waals surface area contributed by atoms with Gasteiger partial charge in [-0.1, -0.05) is 25.5 Å². The predicted octanol–water partition coefficient (Wildman–Crippen LogP) is 2.69. The van der Waals surface area contributed by atoms with Gasteiger partial charge in [0.2, 0.25) is 0 Å². The number of likely N-dealkylation sites (tertiary alicyclic amines) is 1. The Morgan fingerprint density at radius 2 is 1.82 bits per heavy atom. The van der Waals surface area contributed by atoms with Crippen LogP contribution in [0.25, 0.3) is 0 Å². The second-order valence-corrected chi connectivity index (χ2v) is 7.78. The van der Waals surface area contributed by atoms with Crippen LogP contribution in [0.3, 0.4) is 0 Å². The van der Waals surface area contributed by atoms with Crippen molar-refractivity contribution < 1.29 is 0 Å². The fraction of sp³-hybridized carbons (Fsp3) is 0.895. The molecule has 2 fully saturated rings. The van der Waals surface area contributed by atoms with Crippen LogP contribution >= 0.6 is 0 Å². The molecule has 126 valence electrons. The number of likely N-dealkylation sites (N-methyl/N-ethyl adjacent to an activating group) is 1. The molecule has 22 heavy (non-hydrogen) atoms. The van der Waals surface area contributed by atoms with E-state index in [0.717, 1.165) is 17.9 Å². The summed E-state index contributed by atoms with van der Waals surface area (Å²) < 4.78 is 0. The molecule has 3 heteroatoms. The molecule has 0 unspecified atom stereocenters. The summed E-state index contributed by atoms with van der Waals surface area (Å²) in [6.07, 6.45) is 6.56. The predicted molar refractivity (Wildman–Crippen MR) is 94.2 cm³/mol. The maximum atomic E-state index is 2.76. The molecule has 0 spiro atoms. The van der Waals surface area contributed by atoms with E-state index in [2.05, 4.69) is 41.5 Å². The molecule has 3 aliphatic rings. The fourth-order valence-corrected chi connectivity index (χ4v) is 4.70. The number of allylic oxidation sites excluding steroid dienone is 1. The molecule has 2 saturated heterocycles. The minimum absolute atomic E-state index is 0.810. The quantitative estimate of drug-likeness (QED) is 0.740. The van der Waals surface area contributed by atoms with Crippen molar-refractivity contribution in [3.63, 3.8) is 0 Å². The van der Waals surface area contributed by atoms with Gasteiger partial charge in [0.1, 0.15) is 0 Å². The molecular weight excluding hydrogens is 270 g/mol. The molecule has 2 heterocycles. The molecule has 0 aromatic heterocycles. The van der Waals surface area contributed by atoms with Crippen LogP contribution in [0, 0.1) is 11.8 Å². The number of rotatable bonds is 4. The van der Waals surface area contributed by atoms with Crippen molar-refractivity contribution in [3.8, 4) is 0 Å². The average Bonchev–Trinajstić information content (AvgIpc) is 3.00. The summed E-state index contributed by atoms with van der Waals surface area (Å²) in [5, 5.41) is 0. The highest BCUT2D eigenvalue weighted by atomic mass is 15.3. The first-order valence-electron chi connectivity index (χ1n) is 9.52. The third-order valence-electron chi connectivity index (χ3n) is 6.43. The van der Waals surface area contributed by atoms with Crippen molar-refractivity contribution in [1.29, 1.82) is 0 Å². The van der Waals surface area contributed by atoms with Crippen molar-refractivity contribution in [2.24, 2.45) is 11.8 Å². The smallest absolute Gasteiger partial charge is 0.0236 e. The van der Waals surface area contributed by atoms with E-state index in [1.54, 1.807) is 5.57 Å². The zero-order valence-electron chi connectivity index (χ0n) is 14.9. The molecule has 0 saturated carbocycles. The van der Waals surface area contributed by atoms with Crippen molar-refractivity contribution in [3.05, 3.63) is 11.6 Å². The van der Waals surface area contributed by atoms with Gasteiger partial charge in [-0.3, -0.25) is 4.90 Å². The minimum Gasteiger partial charge on any atom is -0.301 e. The molecule has 0 amide bonds. The van der Waals surface area contributed by atoms with Crippen molar-refractivity contribution >= 4 is 0 Å². The summed E-state index contributed by atoms with van der Waals surface area (Å²) in [6, 6.07) is 0.821.